The van der Waals surface area contributed by atoms with E-state index in [9.17, 15) is 48.8 Å². The van der Waals surface area contributed by atoms with Gasteiger partial charge in [0.25, 0.3) is 5.91 Å². The molecule has 1 saturated heterocycles. The summed E-state index contributed by atoms with van der Waals surface area (Å²) in [4.78, 5) is 90.5. The van der Waals surface area contributed by atoms with E-state index in [1.165, 1.54) is 39.8 Å². The average molecular weight is 950 g/mol. The van der Waals surface area contributed by atoms with E-state index >= 15 is 4.79 Å². The van der Waals surface area contributed by atoms with Crippen LogP contribution in [0.3, 0.4) is 0 Å². The molecule has 2 saturated carbocycles. The summed E-state index contributed by atoms with van der Waals surface area (Å²) in [6, 6.07) is 22.8. The van der Waals surface area contributed by atoms with Crippen molar-refractivity contribution < 1.29 is 81.9 Å². The molecule has 0 radical (unpaired) electrons. The summed E-state index contributed by atoms with van der Waals surface area (Å²) in [5.74, 6) is -6.24. The molecule has 1 amide bonds. The van der Waals surface area contributed by atoms with Crippen LogP contribution in [0.15, 0.2) is 102 Å². The maximum Gasteiger partial charge on any atom is 0.471 e. The summed E-state index contributed by atoms with van der Waals surface area (Å²) in [7, 11) is -5.11. The molecule has 18 nitrogen and oxygen atoms in total. The van der Waals surface area contributed by atoms with Gasteiger partial charge < -0.3 is 54.1 Å². The van der Waals surface area contributed by atoms with Crippen molar-refractivity contribution in [2.75, 3.05) is 13.4 Å². The van der Waals surface area contributed by atoms with E-state index in [1.807, 2.05) is 0 Å². The molecule has 3 aliphatic carbocycles. The molecule has 6 N–H and O–H groups in total. The number of carbonyl (C=O) groups excluding carboxylic acids is 5. The number of hydrogen-bond acceptors (Lipinski definition) is 15. The first-order valence-corrected chi connectivity index (χ1v) is 23.5. The molecule has 360 valence electrons. The number of rotatable bonds is 15. The third-order valence-corrected chi connectivity index (χ3v) is 14.5. The lowest BCUT2D eigenvalue weighted by atomic mass is 9.44. The highest BCUT2D eigenvalue weighted by Gasteiger charge is 2.76. The first-order valence-electron chi connectivity index (χ1n) is 22.0. The molecule has 4 aliphatic rings. The van der Waals surface area contributed by atoms with Gasteiger partial charge >= 0.3 is 25.7 Å². The lowest BCUT2D eigenvalue weighted by Gasteiger charge is -2.67. The number of esters is 3. The Balaban J connectivity index is 1.37. The van der Waals surface area contributed by atoms with Gasteiger partial charge in [0.15, 0.2) is 12.6 Å². The van der Waals surface area contributed by atoms with Crippen molar-refractivity contribution in [3.05, 3.63) is 119 Å². The van der Waals surface area contributed by atoms with Crippen LogP contribution < -0.4 is 5.32 Å². The Kier molecular flexibility index (Phi) is 14.2. The van der Waals surface area contributed by atoms with E-state index < -0.39 is 128 Å². The Bertz CT molecular complexity index is 2430. The molecule has 11 atom stereocenters. The van der Waals surface area contributed by atoms with Crippen LogP contribution in [0.25, 0.3) is 0 Å². The third-order valence-electron chi connectivity index (χ3n) is 14.1. The number of benzene rings is 3. The molecule has 3 aromatic rings. The van der Waals surface area contributed by atoms with Crippen LogP contribution in [0.4, 0.5) is 0 Å². The molecule has 3 aromatic carbocycles. The van der Waals surface area contributed by atoms with Gasteiger partial charge in [-0.2, -0.15) is 0 Å². The minimum absolute atomic E-state index is 0.0260. The molecular formula is C48H56NO17P. The van der Waals surface area contributed by atoms with E-state index in [4.69, 9.17) is 23.7 Å². The van der Waals surface area contributed by atoms with E-state index in [2.05, 4.69) is 9.84 Å². The van der Waals surface area contributed by atoms with Crippen molar-refractivity contribution in [2.45, 2.75) is 114 Å². The third kappa shape index (κ3) is 9.26. The smallest absolute Gasteiger partial charge is 0.455 e. The van der Waals surface area contributed by atoms with Crippen molar-refractivity contribution in [2.24, 2.45) is 16.7 Å². The number of ether oxygens (including phenoxy) is 5. The first kappa shape index (κ1) is 49.8. The van der Waals surface area contributed by atoms with E-state index in [-0.39, 0.29) is 35.1 Å². The highest BCUT2D eigenvalue weighted by atomic mass is 31.2. The number of Topliss-reactive ketones (excluding diaryl/α,β-unsaturated/α-hetero) is 1. The van der Waals surface area contributed by atoms with Gasteiger partial charge in [-0.3, -0.25) is 18.9 Å². The van der Waals surface area contributed by atoms with Gasteiger partial charge in [-0.1, -0.05) is 87.5 Å². The molecule has 19 heteroatoms. The quantitative estimate of drug-likeness (QED) is 0.0413. The molecular weight excluding hydrogens is 893 g/mol. The highest BCUT2D eigenvalue weighted by Crippen LogP contribution is 2.64. The molecule has 1 aliphatic heterocycles. The van der Waals surface area contributed by atoms with E-state index in [0.717, 1.165) is 0 Å². The minimum atomic E-state index is -5.11. The lowest BCUT2D eigenvalue weighted by Crippen LogP contribution is -2.81. The number of aliphatic hydroxyl groups excluding tert-OH is 1. The first-order chi connectivity index (χ1) is 31.6. The van der Waals surface area contributed by atoms with Gasteiger partial charge in [-0.25, -0.2) is 14.2 Å². The normalized spacial score (nSPS) is 30.7. The second-order valence-corrected chi connectivity index (χ2v) is 19.5. The molecule has 1 heterocycles. The average Bonchev–Trinajstić information content (AvgIpc) is 3.29. The Morgan fingerprint density at radius 3 is 2.06 bits per heavy atom. The highest BCUT2D eigenvalue weighted by molar-refractivity contribution is 7.46. The van der Waals surface area contributed by atoms with Crippen LogP contribution in [0.2, 0.25) is 0 Å². The van der Waals surface area contributed by atoms with Crippen LogP contribution in [-0.4, -0.2) is 116 Å². The predicted octanol–water partition coefficient (Wildman–Crippen LogP) is 4.04. The monoisotopic (exact) mass is 949 g/mol. The topological polar surface area (TPSA) is 271 Å². The van der Waals surface area contributed by atoms with Crippen LogP contribution in [0, 0.1) is 16.7 Å². The van der Waals surface area contributed by atoms with Crippen LogP contribution >= 0.6 is 7.82 Å². The van der Waals surface area contributed by atoms with Gasteiger partial charge in [-0.05, 0) is 61.2 Å². The molecule has 7 rings (SSSR count). The minimum Gasteiger partial charge on any atom is -0.455 e. The number of carbonyl (C=O) groups is 5. The zero-order valence-electron chi connectivity index (χ0n) is 37.6. The molecule has 10 unspecified atom stereocenters. The second-order valence-electron chi connectivity index (χ2n) is 18.3. The number of fused-ring (bicyclic) bond motifs is 5. The number of phosphoric ester groups is 1. The van der Waals surface area contributed by atoms with Crippen molar-refractivity contribution in [1.29, 1.82) is 0 Å². The van der Waals surface area contributed by atoms with Crippen molar-refractivity contribution >= 4 is 37.4 Å². The number of ketones is 1. The lowest BCUT2D eigenvalue weighted by molar-refractivity contribution is -0.349. The summed E-state index contributed by atoms with van der Waals surface area (Å²) >= 11 is 0. The van der Waals surface area contributed by atoms with Crippen molar-refractivity contribution in [1.82, 2.24) is 5.32 Å². The van der Waals surface area contributed by atoms with Gasteiger partial charge in [0.05, 0.1) is 29.8 Å². The maximum absolute atomic E-state index is 15.3. The van der Waals surface area contributed by atoms with Crippen molar-refractivity contribution in [3.63, 3.8) is 0 Å². The number of amides is 1. The number of aliphatic hydroxyl groups is 3. The van der Waals surface area contributed by atoms with Crippen molar-refractivity contribution in [3.8, 4) is 0 Å². The van der Waals surface area contributed by atoms with Gasteiger partial charge in [0.2, 0.25) is 6.10 Å². The number of phosphoric acid groups is 1. The fourth-order valence-corrected chi connectivity index (χ4v) is 10.6. The zero-order chi connectivity index (χ0) is 48.7. The maximum atomic E-state index is 15.3. The zero-order valence-corrected chi connectivity index (χ0v) is 38.5. The van der Waals surface area contributed by atoms with Gasteiger partial charge in [-0.15, -0.1) is 0 Å². The fraction of sp³-hybridized carbons (Fsp3) is 0.479. The second kappa shape index (κ2) is 19.1. The SMILES string of the molecule is CCCC(=O)OC(C(=O)OC1CC2(O)C(OC(=O)c3ccccc3)C3C4(O)COC4CC(OCOP(=O)(O)O)[C@@]3(C)C(=O)C(O)C(=C1C)C2(C)C)C(NC(=O)c1ccccc1)c1ccccc1. The molecule has 0 aromatic heterocycles. The Hall–Kier alpha value is -5.14. The summed E-state index contributed by atoms with van der Waals surface area (Å²) in [6.07, 6.45) is -10.6. The molecule has 2 bridgehead atoms. The number of hydrogen-bond donors (Lipinski definition) is 6. The van der Waals surface area contributed by atoms with Crippen LogP contribution in [0.1, 0.15) is 92.6 Å². The Labute approximate surface area is 386 Å². The predicted molar refractivity (Wildman–Crippen MR) is 234 cm³/mol. The molecule has 67 heavy (non-hydrogen) atoms. The Morgan fingerprint density at radius 1 is 0.896 bits per heavy atom. The summed E-state index contributed by atoms with van der Waals surface area (Å²) in [6.45, 7) is 6.10. The summed E-state index contributed by atoms with van der Waals surface area (Å²) in [5, 5.41) is 41.6. The van der Waals surface area contributed by atoms with E-state index in [1.54, 1.807) is 85.8 Å². The summed E-state index contributed by atoms with van der Waals surface area (Å²) in [5.41, 5.74) is -7.77. The summed E-state index contributed by atoms with van der Waals surface area (Å²) < 4.78 is 46.4. The van der Waals surface area contributed by atoms with E-state index in [0.29, 0.717) is 12.0 Å². The van der Waals surface area contributed by atoms with Gasteiger partial charge in [0.1, 0.15) is 35.6 Å². The number of nitrogens with one attached hydrogen (secondary N) is 1. The van der Waals surface area contributed by atoms with Gasteiger partial charge in [0, 0.05) is 36.2 Å². The largest absolute Gasteiger partial charge is 0.471 e. The standard InChI is InChI=1S/C48H56NO17P/c1-6-16-34(50)65-38(36(28-17-10-7-11-18-28)49-42(53)29-19-12-8-13-20-29)44(55)64-31-24-48(57)41(66-43(54)30-21-14-9-15-22-30)39-46(5,40(52)37(51)35(27(31)2)45(48,3)4)32(62-26-63-67(58,59)60)23-33-47(39,56)25-61-33/h7-15,17-22,31-33,36-39,41,51,56-57H,6,16,23-26H2,1-5H3,(H,49,53)(H2,58,59,60)/t31?,32?,33?,36?,37?,38?,39?,41?,46-,47?,48?/m1/s1. The molecule has 3 fully saturated rings. The molecule has 0 spiro atoms. The fourth-order valence-electron chi connectivity index (χ4n) is 10.5. The van der Waals surface area contributed by atoms with Crippen LogP contribution in [-0.2, 0) is 47.2 Å². The Morgan fingerprint density at radius 2 is 1.49 bits per heavy atom. The van der Waals surface area contributed by atoms with Crippen LogP contribution in [0.5, 0.6) is 0 Å².